The van der Waals surface area contributed by atoms with E-state index in [9.17, 15) is 14.4 Å². The molecule has 31 heavy (non-hydrogen) atoms. The van der Waals surface area contributed by atoms with E-state index in [4.69, 9.17) is 0 Å². The van der Waals surface area contributed by atoms with E-state index in [-0.39, 0.29) is 29.6 Å². The molecule has 2 heterocycles. The third kappa shape index (κ3) is 6.08. The van der Waals surface area contributed by atoms with Crippen LogP contribution in [0, 0.1) is 18.8 Å². The van der Waals surface area contributed by atoms with Gasteiger partial charge in [-0.25, -0.2) is 0 Å². The number of hydrogen-bond acceptors (Lipinski definition) is 3. The number of nitrogens with one attached hydrogen (secondary N) is 1. The van der Waals surface area contributed by atoms with E-state index in [2.05, 4.69) is 19.2 Å². The van der Waals surface area contributed by atoms with Crippen LogP contribution in [0.25, 0.3) is 0 Å². The van der Waals surface area contributed by atoms with Crippen LogP contribution in [0.4, 0.5) is 0 Å². The summed E-state index contributed by atoms with van der Waals surface area (Å²) in [5, 5.41) is 2.98. The van der Waals surface area contributed by atoms with E-state index < -0.39 is 6.04 Å². The Hall–Kier alpha value is -2.37. The number of likely N-dealkylation sites (tertiary alicyclic amines) is 2. The number of nitrogens with zero attached hydrogens (tertiary/aromatic N) is 2. The van der Waals surface area contributed by atoms with Crippen molar-refractivity contribution >= 4 is 17.7 Å². The van der Waals surface area contributed by atoms with E-state index in [0.717, 1.165) is 31.5 Å². The normalized spacial score (nSPS) is 18.7. The van der Waals surface area contributed by atoms with Crippen LogP contribution in [0.2, 0.25) is 0 Å². The molecular weight excluding hydrogens is 390 g/mol. The molecule has 3 amide bonds. The fourth-order valence-corrected chi connectivity index (χ4v) is 4.70. The number of rotatable bonds is 6. The molecule has 2 aliphatic heterocycles. The molecule has 6 nitrogen and oxygen atoms in total. The summed E-state index contributed by atoms with van der Waals surface area (Å²) in [5.41, 5.74) is 1.50. The van der Waals surface area contributed by atoms with Crippen molar-refractivity contribution in [3.63, 3.8) is 0 Å². The predicted octanol–water partition coefficient (Wildman–Crippen LogP) is 3.39. The monoisotopic (exact) mass is 427 g/mol. The number of carbonyl (C=O) groups excluding carboxylic acids is 3. The fraction of sp³-hybridized carbons (Fsp3) is 0.640. The Labute approximate surface area is 186 Å². The van der Waals surface area contributed by atoms with Crippen LogP contribution >= 0.6 is 0 Å². The molecule has 0 aliphatic carbocycles. The van der Waals surface area contributed by atoms with Gasteiger partial charge in [-0.05, 0) is 63.0 Å². The van der Waals surface area contributed by atoms with E-state index in [0.29, 0.717) is 37.9 Å². The summed E-state index contributed by atoms with van der Waals surface area (Å²) in [6.07, 6.45) is 5.43. The molecule has 2 fully saturated rings. The van der Waals surface area contributed by atoms with Gasteiger partial charge in [0.25, 0.3) is 5.91 Å². The number of aryl methyl sites for hydroxylation is 1. The molecule has 3 rings (SSSR count). The Morgan fingerprint density at radius 2 is 1.61 bits per heavy atom. The van der Waals surface area contributed by atoms with Gasteiger partial charge in [0.15, 0.2) is 0 Å². The minimum absolute atomic E-state index is 0.0206. The zero-order valence-corrected chi connectivity index (χ0v) is 19.2. The largest absolute Gasteiger partial charge is 0.342 e. The second-order valence-electron chi connectivity index (χ2n) is 9.46. The van der Waals surface area contributed by atoms with Crippen LogP contribution in [0.1, 0.15) is 68.3 Å². The average molecular weight is 428 g/mol. The van der Waals surface area contributed by atoms with Crippen LogP contribution in [0.15, 0.2) is 24.3 Å². The van der Waals surface area contributed by atoms with Crippen molar-refractivity contribution in [3.05, 3.63) is 35.4 Å². The second kappa shape index (κ2) is 10.8. The van der Waals surface area contributed by atoms with Gasteiger partial charge in [-0.1, -0.05) is 32.0 Å². The maximum absolute atomic E-state index is 13.3. The van der Waals surface area contributed by atoms with E-state index >= 15 is 0 Å². The van der Waals surface area contributed by atoms with Crippen molar-refractivity contribution in [2.75, 3.05) is 26.2 Å². The van der Waals surface area contributed by atoms with E-state index in [1.54, 1.807) is 6.07 Å². The lowest BCUT2D eigenvalue weighted by Gasteiger charge is -2.37. The van der Waals surface area contributed by atoms with E-state index in [1.165, 1.54) is 6.42 Å². The van der Waals surface area contributed by atoms with Gasteiger partial charge in [0, 0.05) is 37.7 Å². The zero-order valence-electron chi connectivity index (χ0n) is 19.2. The average Bonchev–Trinajstić information content (AvgIpc) is 2.78. The third-order valence-electron chi connectivity index (χ3n) is 6.52. The lowest BCUT2D eigenvalue weighted by atomic mass is 9.93. The molecule has 1 N–H and O–H groups in total. The highest BCUT2D eigenvalue weighted by Crippen LogP contribution is 2.23. The van der Waals surface area contributed by atoms with Gasteiger partial charge in [-0.15, -0.1) is 0 Å². The molecule has 170 valence electrons. The predicted molar refractivity (Wildman–Crippen MR) is 122 cm³/mol. The van der Waals surface area contributed by atoms with Gasteiger partial charge in [0.2, 0.25) is 11.8 Å². The molecule has 1 aromatic carbocycles. The Balaban J connectivity index is 1.59. The summed E-state index contributed by atoms with van der Waals surface area (Å²) >= 11 is 0. The summed E-state index contributed by atoms with van der Waals surface area (Å²) < 4.78 is 0. The van der Waals surface area contributed by atoms with Crippen LogP contribution in [0.5, 0.6) is 0 Å². The lowest BCUT2D eigenvalue weighted by Crippen LogP contribution is -2.52. The Kier molecular flexibility index (Phi) is 8.10. The Morgan fingerprint density at radius 1 is 0.968 bits per heavy atom. The molecule has 6 heteroatoms. The zero-order chi connectivity index (χ0) is 22.4. The second-order valence-corrected chi connectivity index (χ2v) is 9.46. The molecule has 1 aromatic rings. The van der Waals surface area contributed by atoms with Gasteiger partial charge < -0.3 is 15.1 Å². The molecule has 0 bridgehead atoms. The topological polar surface area (TPSA) is 69.7 Å². The first kappa shape index (κ1) is 23.3. The molecule has 0 radical (unpaired) electrons. The summed E-state index contributed by atoms with van der Waals surface area (Å²) in [4.78, 5) is 42.8. The van der Waals surface area contributed by atoms with Crippen molar-refractivity contribution in [3.8, 4) is 0 Å². The number of piperidine rings is 2. The molecule has 0 saturated carbocycles. The molecule has 1 atom stereocenters. The van der Waals surface area contributed by atoms with Gasteiger partial charge in [-0.3, -0.25) is 14.4 Å². The molecular formula is C25H37N3O3. The molecule has 2 saturated heterocycles. The van der Waals surface area contributed by atoms with Crippen LogP contribution in [-0.4, -0.2) is 59.7 Å². The van der Waals surface area contributed by atoms with Crippen molar-refractivity contribution in [1.82, 2.24) is 15.1 Å². The summed E-state index contributed by atoms with van der Waals surface area (Å²) in [5.74, 6) is 0.335. The summed E-state index contributed by atoms with van der Waals surface area (Å²) in [6.45, 7) is 8.93. The third-order valence-corrected chi connectivity index (χ3v) is 6.52. The standard InChI is InChI=1S/C25H37N3O3/c1-18(2)17-22(26-23(29)21-10-6-5-9-19(21)3)25(31)28-15-11-20(12-16-28)24(30)27-13-7-4-8-14-27/h5-6,9-10,18,20,22H,4,7-8,11-17H2,1-3H3,(H,26,29). The Bertz CT molecular complexity index is 778. The smallest absolute Gasteiger partial charge is 0.252 e. The van der Waals surface area contributed by atoms with Crippen LogP contribution < -0.4 is 5.32 Å². The van der Waals surface area contributed by atoms with Crippen molar-refractivity contribution in [2.45, 2.75) is 65.3 Å². The van der Waals surface area contributed by atoms with Gasteiger partial charge in [0.05, 0.1) is 0 Å². The SMILES string of the molecule is Cc1ccccc1C(=O)NC(CC(C)C)C(=O)N1CCC(C(=O)N2CCCCC2)CC1. The fourth-order valence-electron chi connectivity index (χ4n) is 4.70. The number of benzene rings is 1. The first-order valence-electron chi connectivity index (χ1n) is 11.8. The van der Waals surface area contributed by atoms with Gasteiger partial charge in [0.1, 0.15) is 6.04 Å². The number of hydrogen-bond donors (Lipinski definition) is 1. The first-order valence-corrected chi connectivity index (χ1v) is 11.8. The quantitative estimate of drug-likeness (QED) is 0.757. The van der Waals surface area contributed by atoms with Crippen molar-refractivity contribution in [2.24, 2.45) is 11.8 Å². The summed E-state index contributed by atoms with van der Waals surface area (Å²) in [7, 11) is 0. The summed E-state index contributed by atoms with van der Waals surface area (Å²) in [6, 6.07) is 6.89. The van der Waals surface area contributed by atoms with E-state index in [1.807, 2.05) is 34.9 Å². The van der Waals surface area contributed by atoms with Gasteiger partial charge >= 0.3 is 0 Å². The molecule has 0 spiro atoms. The molecule has 2 aliphatic rings. The highest BCUT2D eigenvalue weighted by molar-refractivity contribution is 5.98. The first-order chi connectivity index (χ1) is 14.9. The van der Waals surface area contributed by atoms with Crippen LogP contribution in [0.3, 0.4) is 0 Å². The minimum Gasteiger partial charge on any atom is -0.342 e. The highest BCUT2D eigenvalue weighted by atomic mass is 16.2. The Morgan fingerprint density at radius 3 is 2.23 bits per heavy atom. The maximum Gasteiger partial charge on any atom is 0.252 e. The lowest BCUT2D eigenvalue weighted by molar-refractivity contribution is -0.142. The highest BCUT2D eigenvalue weighted by Gasteiger charge is 2.33. The van der Waals surface area contributed by atoms with Crippen molar-refractivity contribution in [1.29, 1.82) is 0 Å². The number of carbonyl (C=O) groups is 3. The van der Waals surface area contributed by atoms with Crippen molar-refractivity contribution < 1.29 is 14.4 Å². The van der Waals surface area contributed by atoms with Gasteiger partial charge in [-0.2, -0.15) is 0 Å². The minimum atomic E-state index is -0.540. The van der Waals surface area contributed by atoms with Crippen LogP contribution in [-0.2, 0) is 9.59 Å². The molecule has 0 aromatic heterocycles. The number of amides is 3. The maximum atomic E-state index is 13.3. The molecule has 1 unspecified atom stereocenters.